The topological polar surface area (TPSA) is 186 Å². The van der Waals surface area contributed by atoms with Crippen molar-refractivity contribution in [2.24, 2.45) is 11.8 Å². The van der Waals surface area contributed by atoms with Crippen molar-refractivity contribution < 1.29 is 29.0 Å². The maximum atomic E-state index is 13.6. The molecule has 316 valence electrons. The third-order valence-electron chi connectivity index (χ3n) is 12.1. The van der Waals surface area contributed by atoms with Gasteiger partial charge in [0.05, 0.1) is 43.0 Å². The summed E-state index contributed by atoms with van der Waals surface area (Å²) >= 11 is 0. The Bertz CT molecular complexity index is 2610. The number of carbonyl (C=O) groups is 4. The molecule has 8 rings (SSSR count). The zero-order valence-corrected chi connectivity index (χ0v) is 35.1. The Labute approximate surface area is 354 Å². The number of rotatable bonds is 11. The van der Waals surface area contributed by atoms with Crippen LogP contribution in [0.3, 0.4) is 0 Å². The Hall–Kier alpha value is -6.70. The standard InChI is InChI=1S/C47H52N8O6/c1-26(2)40(52-46(58)59)44(56)54-18-6-8-38(54)42-48-24-36(50-42)34-16-14-30-20-28(10-12-32(30)22-34)29-11-13-33-23-35(17-15-31(33)21-29)37-25-49-43(51-37)39-9-7-19-55(39)45(57)41(27(3)4)53-47(60)61-5/h10-17,20-27,38-41,52H,6-9,18-19H2,1-5H3,(H,48,50)(H,49,51)(H,53,60)(H,58,59). The second-order valence-corrected chi connectivity index (χ2v) is 16.8. The van der Waals surface area contributed by atoms with E-state index in [4.69, 9.17) is 9.72 Å². The smallest absolute Gasteiger partial charge is 0.407 e. The summed E-state index contributed by atoms with van der Waals surface area (Å²) < 4.78 is 4.77. The minimum Gasteiger partial charge on any atom is -0.465 e. The van der Waals surface area contributed by atoms with Crippen LogP contribution in [0.2, 0.25) is 0 Å². The van der Waals surface area contributed by atoms with Gasteiger partial charge < -0.3 is 40.2 Å². The molecule has 2 saturated heterocycles. The average molecular weight is 825 g/mol. The lowest BCUT2D eigenvalue weighted by molar-refractivity contribution is -0.136. The first-order valence-corrected chi connectivity index (χ1v) is 21.0. The van der Waals surface area contributed by atoms with Gasteiger partial charge in [-0.25, -0.2) is 19.6 Å². The molecule has 2 aliphatic heterocycles. The largest absolute Gasteiger partial charge is 0.465 e. The fourth-order valence-electron chi connectivity index (χ4n) is 8.82. The number of amides is 4. The Balaban J connectivity index is 0.960. The molecule has 4 unspecified atom stereocenters. The molecular formula is C47H52N8O6. The molecule has 0 spiro atoms. The molecule has 4 atom stereocenters. The summed E-state index contributed by atoms with van der Waals surface area (Å²) in [5.74, 6) is 0.768. The lowest BCUT2D eigenvalue weighted by Gasteiger charge is -2.30. The third kappa shape index (κ3) is 8.39. The van der Waals surface area contributed by atoms with Gasteiger partial charge in [-0.2, -0.15) is 0 Å². The predicted molar refractivity (Wildman–Crippen MR) is 233 cm³/mol. The Morgan fingerprint density at radius 3 is 1.43 bits per heavy atom. The maximum absolute atomic E-state index is 13.6. The van der Waals surface area contributed by atoms with Gasteiger partial charge in [-0.1, -0.05) is 76.2 Å². The minimum absolute atomic E-state index is 0.107. The number of fused-ring (bicyclic) bond motifs is 2. The summed E-state index contributed by atoms with van der Waals surface area (Å²) in [5.41, 5.74) is 5.91. The highest BCUT2D eigenvalue weighted by Crippen LogP contribution is 2.36. The number of benzene rings is 4. The van der Waals surface area contributed by atoms with Crippen LogP contribution in [0.15, 0.2) is 85.2 Å². The number of H-pyrrole nitrogens is 2. The second-order valence-electron chi connectivity index (χ2n) is 16.8. The number of carboxylic acid groups (broad SMARTS) is 1. The highest BCUT2D eigenvalue weighted by molar-refractivity contribution is 5.94. The van der Waals surface area contributed by atoms with Gasteiger partial charge in [-0.3, -0.25) is 9.59 Å². The van der Waals surface area contributed by atoms with E-state index in [-0.39, 0.29) is 35.7 Å². The highest BCUT2D eigenvalue weighted by atomic mass is 16.5. The van der Waals surface area contributed by atoms with Crippen molar-refractivity contribution in [3.63, 3.8) is 0 Å². The van der Waals surface area contributed by atoms with Crippen molar-refractivity contribution in [1.82, 2.24) is 40.4 Å². The number of imidazole rings is 2. The van der Waals surface area contributed by atoms with Gasteiger partial charge in [0, 0.05) is 24.2 Å². The fourth-order valence-corrected chi connectivity index (χ4v) is 8.82. The number of methoxy groups -OCH3 is 1. The number of likely N-dealkylation sites (tertiary alicyclic amines) is 2. The van der Waals surface area contributed by atoms with Gasteiger partial charge in [-0.15, -0.1) is 0 Å². The van der Waals surface area contributed by atoms with Crippen molar-refractivity contribution in [3.05, 3.63) is 96.8 Å². The maximum Gasteiger partial charge on any atom is 0.407 e. The van der Waals surface area contributed by atoms with Gasteiger partial charge in [0.15, 0.2) is 0 Å². The molecule has 0 saturated carbocycles. The van der Waals surface area contributed by atoms with Crippen molar-refractivity contribution in [3.8, 4) is 33.6 Å². The number of hydrogen-bond donors (Lipinski definition) is 5. The fraction of sp³-hybridized carbons (Fsp3) is 0.362. The van der Waals surface area contributed by atoms with Crippen LogP contribution < -0.4 is 10.6 Å². The monoisotopic (exact) mass is 824 g/mol. The summed E-state index contributed by atoms with van der Waals surface area (Å²) in [4.78, 5) is 70.3. The Morgan fingerprint density at radius 1 is 0.639 bits per heavy atom. The van der Waals surface area contributed by atoms with Crippen LogP contribution >= 0.6 is 0 Å². The second kappa shape index (κ2) is 17.1. The van der Waals surface area contributed by atoms with Crippen LogP contribution in [0.1, 0.15) is 77.1 Å². The van der Waals surface area contributed by atoms with Crippen LogP contribution in [0.5, 0.6) is 0 Å². The molecule has 4 aromatic carbocycles. The van der Waals surface area contributed by atoms with Crippen LogP contribution in [-0.2, 0) is 14.3 Å². The molecule has 2 aromatic heterocycles. The molecule has 61 heavy (non-hydrogen) atoms. The molecule has 4 heterocycles. The Kier molecular flexibility index (Phi) is 11.5. The summed E-state index contributed by atoms with van der Waals surface area (Å²) in [6.45, 7) is 8.63. The van der Waals surface area contributed by atoms with Gasteiger partial charge in [0.1, 0.15) is 23.7 Å². The molecule has 2 fully saturated rings. The highest BCUT2D eigenvalue weighted by Gasteiger charge is 2.39. The van der Waals surface area contributed by atoms with E-state index in [0.29, 0.717) is 18.9 Å². The van der Waals surface area contributed by atoms with E-state index < -0.39 is 24.3 Å². The molecule has 0 aliphatic carbocycles. The molecule has 14 heteroatoms. The molecule has 4 amide bonds. The lowest BCUT2D eigenvalue weighted by Crippen LogP contribution is -2.51. The Morgan fingerprint density at radius 2 is 1.03 bits per heavy atom. The molecule has 5 N–H and O–H groups in total. The number of aromatic nitrogens is 4. The van der Waals surface area contributed by atoms with E-state index in [1.165, 1.54) is 7.11 Å². The van der Waals surface area contributed by atoms with E-state index in [1.54, 1.807) is 11.1 Å². The SMILES string of the molecule is COC(=O)NC(C(=O)N1CCCC1c1ncc(-c2ccc3cc(-c4ccc5cc(-c6cnc(C7CCCN7C(=O)C(NC(=O)O)C(C)C)[nH]6)ccc5c4)ccc3c2)[nH]1)C(C)C. The van der Waals surface area contributed by atoms with Crippen molar-refractivity contribution >= 4 is 45.5 Å². The summed E-state index contributed by atoms with van der Waals surface area (Å²) in [6.07, 6.45) is 4.99. The number of aromatic amines is 2. The number of nitrogens with one attached hydrogen (secondary N) is 4. The van der Waals surface area contributed by atoms with Gasteiger partial charge >= 0.3 is 12.2 Å². The minimum atomic E-state index is -1.21. The normalized spacial score (nSPS) is 17.6. The summed E-state index contributed by atoms with van der Waals surface area (Å²) in [7, 11) is 1.29. The lowest BCUT2D eigenvalue weighted by atomic mass is 9.97. The number of ether oxygens (including phenoxy) is 1. The zero-order valence-electron chi connectivity index (χ0n) is 35.1. The van der Waals surface area contributed by atoms with E-state index >= 15 is 0 Å². The van der Waals surface area contributed by atoms with Crippen LogP contribution in [0.4, 0.5) is 9.59 Å². The molecule has 0 bridgehead atoms. The van der Waals surface area contributed by atoms with Crippen LogP contribution in [0.25, 0.3) is 55.2 Å². The average Bonchev–Trinajstić information content (AvgIpc) is 4.10. The zero-order chi connectivity index (χ0) is 42.9. The van der Waals surface area contributed by atoms with E-state index in [0.717, 1.165) is 86.7 Å². The predicted octanol–water partition coefficient (Wildman–Crippen LogP) is 8.44. The number of alkyl carbamates (subject to hydrolysis) is 1. The number of carbonyl (C=O) groups excluding carboxylic acids is 3. The first kappa shape index (κ1) is 41.1. The quantitative estimate of drug-likeness (QED) is 0.0862. The van der Waals surface area contributed by atoms with E-state index in [2.05, 4.69) is 98.4 Å². The van der Waals surface area contributed by atoms with Gasteiger partial charge in [-0.05, 0) is 94.5 Å². The molecule has 14 nitrogen and oxygen atoms in total. The first-order valence-electron chi connectivity index (χ1n) is 21.0. The van der Waals surface area contributed by atoms with Crippen LogP contribution in [0, 0.1) is 11.8 Å². The van der Waals surface area contributed by atoms with Crippen LogP contribution in [-0.4, -0.2) is 91.1 Å². The summed E-state index contributed by atoms with van der Waals surface area (Å²) in [5, 5.41) is 18.8. The van der Waals surface area contributed by atoms with Crippen molar-refractivity contribution in [2.45, 2.75) is 77.5 Å². The van der Waals surface area contributed by atoms with Crippen molar-refractivity contribution in [2.75, 3.05) is 20.2 Å². The van der Waals surface area contributed by atoms with Gasteiger partial charge in [0.25, 0.3) is 0 Å². The summed E-state index contributed by atoms with van der Waals surface area (Å²) in [6, 6.07) is 23.6. The van der Waals surface area contributed by atoms with E-state index in [9.17, 15) is 24.3 Å². The van der Waals surface area contributed by atoms with Crippen molar-refractivity contribution in [1.29, 1.82) is 0 Å². The first-order chi connectivity index (χ1) is 29.4. The number of hydrogen-bond acceptors (Lipinski definition) is 7. The molecule has 2 aliphatic rings. The molecule has 6 aromatic rings. The molecular weight excluding hydrogens is 773 g/mol. The van der Waals surface area contributed by atoms with E-state index in [1.807, 2.05) is 38.8 Å². The van der Waals surface area contributed by atoms with Gasteiger partial charge in [0.2, 0.25) is 11.8 Å². The molecule has 0 radical (unpaired) electrons. The third-order valence-corrected chi connectivity index (χ3v) is 12.1. The number of nitrogens with zero attached hydrogens (tertiary/aromatic N) is 4.